The van der Waals surface area contributed by atoms with E-state index in [-0.39, 0.29) is 12.5 Å². The Hall–Kier alpha value is -1.26. The van der Waals surface area contributed by atoms with Gasteiger partial charge in [0.25, 0.3) is 0 Å². The van der Waals surface area contributed by atoms with Crippen molar-refractivity contribution >= 4 is 11.9 Å². The summed E-state index contributed by atoms with van der Waals surface area (Å²) in [6, 6.07) is -0.137. The van der Waals surface area contributed by atoms with Crippen LogP contribution < -0.4 is 5.73 Å². The van der Waals surface area contributed by atoms with Crippen molar-refractivity contribution in [3.63, 3.8) is 0 Å². The molecule has 1 saturated heterocycles. The van der Waals surface area contributed by atoms with Crippen molar-refractivity contribution in [3.8, 4) is 0 Å². The van der Waals surface area contributed by atoms with Crippen molar-refractivity contribution in [1.82, 2.24) is 9.80 Å². The molecular formula is C13H23N3O2. The first kappa shape index (κ1) is 13.2. The summed E-state index contributed by atoms with van der Waals surface area (Å²) in [5.41, 5.74) is 5.16. The number of primary amides is 1. The second kappa shape index (κ2) is 5.59. The Kier molecular flexibility index (Phi) is 4.09. The molecule has 18 heavy (non-hydrogen) atoms. The lowest BCUT2D eigenvalue weighted by atomic mass is 9.78. The molecule has 2 rings (SSSR count). The molecule has 0 bridgehead atoms. The molecule has 0 aromatic rings. The maximum atomic E-state index is 12.2. The minimum atomic E-state index is -0.541. The molecule has 0 aromatic heterocycles. The van der Waals surface area contributed by atoms with Crippen LogP contribution in [0.1, 0.15) is 38.5 Å². The van der Waals surface area contributed by atoms with Crippen molar-refractivity contribution < 1.29 is 9.59 Å². The highest BCUT2D eigenvalue weighted by molar-refractivity contribution is 5.83. The van der Waals surface area contributed by atoms with E-state index in [1.54, 1.807) is 7.05 Å². The van der Waals surface area contributed by atoms with E-state index in [1.807, 2.05) is 4.90 Å². The molecule has 2 fully saturated rings. The van der Waals surface area contributed by atoms with Gasteiger partial charge in [-0.25, -0.2) is 4.79 Å². The van der Waals surface area contributed by atoms with Crippen LogP contribution in [0.4, 0.5) is 4.79 Å². The molecular weight excluding hydrogens is 230 g/mol. The number of amides is 3. The van der Waals surface area contributed by atoms with Crippen LogP contribution in [0.2, 0.25) is 0 Å². The molecule has 2 atom stereocenters. The molecule has 0 unspecified atom stereocenters. The summed E-state index contributed by atoms with van der Waals surface area (Å²) in [6.45, 7) is 0.950. The smallest absolute Gasteiger partial charge is 0.314 e. The molecule has 2 N–H and O–H groups in total. The van der Waals surface area contributed by atoms with Gasteiger partial charge < -0.3 is 15.5 Å². The van der Waals surface area contributed by atoms with Crippen molar-refractivity contribution in [2.75, 3.05) is 20.1 Å². The van der Waals surface area contributed by atoms with Gasteiger partial charge in [0, 0.05) is 19.6 Å². The van der Waals surface area contributed by atoms with Crippen LogP contribution in [0, 0.1) is 5.92 Å². The van der Waals surface area contributed by atoms with Crippen molar-refractivity contribution in [3.05, 3.63) is 0 Å². The SMILES string of the molecule is CN(CC(=O)N1CCC[C@@H]2CCCC[C@@H]21)C(N)=O. The molecule has 0 spiro atoms. The van der Waals surface area contributed by atoms with Gasteiger partial charge in [0.05, 0.1) is 0 Å². The fourth-order valence-corrected chi connectivity index (χ4v) is 3.31. The van der Waals surface area contributed by atoms with E-state index in [2.05, 4.69) is 0 Å². The zero-order chi connectivity index (χ0) is 13.1. The third-order valence-electron chi connectivity index (χ3n) is 4.31. The van der Waals surface area contributed by atoms with Gasteiger partial charge in [0.2, 0.25) is 5.91 Å². The van der Waals surface area contributed by atoms with E-state index in [4.69, 9.17) is 5.73 Å². The van der Waals surface area contributed by atoms with Crippen LogP contribution in [-0.4, -0.2) is 47.9 Å². The maximum absolute atomic E-state index is 12.2. The number of urea groups is 1. The Morgan fingerprint density at radius 1 is 1.22 bits per heavy atom. The summed E-state index contributed by atoms with van der Waals surface area (Å²) in [4.78, 5) is 26.5. The fourth-order valence-electron chi connectivity index (χ4n) is 3.31. The van der Waals surface area contributed by atoms with Gasteiger partial charge in [-0.15, -0.1) is 0 Å². The third kappa shape index (κ3) is 2.76. The Balaban J connectivity index is 1.97. The number of hydrogen-bond acceptors (Lipinski definition) is 2. The first-order chi connectivity index (χ1) is 8.59. The highest BCUT2D eigenvalue weighted by Crippen LogP contribution is 2.35. The number of rotatable bonds is 2. The van der Waals surface area contributed by atoms with Crippen molar-refractivity contribution in [2.24, 2.45) is 11.7 Å². The predicted molar refractivity (Wildman–Crippen MR) is 68.9 cm³/mol. The molecule has 0 aromatic carbocycles. The number of carbonyl (C=O) groups is 2. The summed E-state index contributed by atoms with van der Waals surface area (Å²) in [5, 5.41) is 0. The van der Waals surface area contributed by atoms with Crippen molar-refractivity contribution in [1.29, 1.82) is 0 Å². The predicted octanol–water partition coefficient (Wildman–Crippen LogP) is 1.18. The molecule has 102 valence electrons. The van der Waals surface area contributed by atoms with Gasteiger partial charge in [0.1, 0.15) is 6.54 Å². The minimum Gasteiger partial charge on any atom is -0.351 e. The van der Waals surface area contributed by atoms with Gasteiger partial charge in [-0.2, -0.15) is 0 Å². The summed E-state index contributed by atoms with van der Waals surface area (Å²) < 4.78 is 0. The molecule has 1 aliphatic carbocycles. The second-order valence-corrected chi connectivity index (χ2v) is 5.54. The van der Waals surface area contributed by atoms with Crippen LogP contribution >= 0.6 is 0 Å². The van der Waals surface area contributed by atoms with E-state index < -0.39 is 6.03 Å². The van der Waals surface area contributed by atoms with Crippen molar-refractivity contribution in [2.45, 2.75) is 44.6 Å². The Morgan fingerprint density at radius 2 is 1.89 bits per heavy atom. The van der Waals surface area contributed by atoms with E-state index >= 15 is 0 Å². The summed E-state index contributed by atoms with van der Waals surface area (Å²) in [6.07, 6.45) is 7.23. The average molecular weight is 253 g/mol. The molecule has 0 radical (unpaired) electrons. The third-order valence-corrected chi connectivity index (χ3v) is 4.31. The monoisotopic (exact) mass is 253 g/mol. The van der Waals surface area contributed by atoms with Gasteiger partial charge in [-0.1, -0.05) is 12.8 Å². The van der Waals surface area contributed by atoms with E-state index in [0.717, 1.165) is 19.4 Å². The lowest BCUT2D eigenvalue weighted by Crippen LogP contribution is -2.53. The van der Waals surface area contributed by atoms with E-state index in [9.17, 15) is 9.59 Å². The standard InChI is InChI=1S/C13H23N3O2/c1-15(13(14)18)9-12(17)16-8-4-6-10-5-2-3-7-11(10)16/h10-11H,2-9H2,1H3,(H2,14,18)/t10-,11-/m0/s1. The lowest BCUT2D eigenvalue weighted by molar-refractivity contribution is -0.137. The topological polar surface area (TPSA) is 66.6 Å². The first-order valence-corrected chi connectivity index (χ1v) is 6.89. The first-order valence-electron chi connectivity index (χ1n) is 6.89. The zero-order valence-electron chi connectivity index (χ0n) is 11.1. The molecule has 1 heterocycles. The number of nitrogens with zero attached hydrogens (tertiary/aromatic N) is 2. The van der Waals surface area contributed by atoms with Crippen LogP contribution in [0.15, 0.2) is 0 Å². The fraction of sp³-hybridized carbons (Fsp3) is 0.846. The van der Waals surface area contributed by atoms with Gasteiger partial charge in [-0.05, 0) is 31.6 Å². The normalized spacial score (nSPS) is 27.5. The summed E-state index contributed by atoms with van der Waals surface area (Å²) in [5.74, 6) is 0.725. The summed E-state index contributed by atoms with van der Waals surface area (Å²) >= 11 is 0. The number of carbonyl (C=O) groups excluding carboxylic acids is 2. The van der Waals surface area contributed by atoms with Gasteiger partial charge in [-0.3, -0.25) is 4.79 Å². The highest BCUT2D eigenvalue weighted by atomic mass is 16.2. The maximum Gasteiger partial charge on any atom is 0.314 e. The quantitative estimate of drug-likeness (QED) is 0.803. The molecule has 1 saturated carbocycles. The molecule has 5 heteroatoms. The number of fused-ring (bicyclic) bond motifs is 1. The Morgan fingerprint density at radius 3 is 2.61 bits per heavy atom. The lowest BCUT2D eigenvalue weighted by Gasteiger charge is -2.44. The number of nitrogens with two attached hydrogens (primary N) is 1. The highest BCUT2D eigenvalue weighted by Gasteiger charge is 2.35. The minimum absolute atomic E-state index is 0.0490. The van der Waals surface area contributed by atoms with E-state index in [1.165, 1.54) is 30.6 Å². The van der Waals surface area contributed by atoms with Gasteiger partial charge >= 0.3 is 6.03 Å². The van der Waals surface area contributed by atoms with Crippen LogP contribution in [-0.2, 0) is 4.79 Å². The largest absolute Gasteiger partial charge is 0.351 e. The van der Waals surface area contributed by atoms with E-state index in [0.29, 0.717) is 12.0 Å². The van der Waals surface area contributed by atoms with Gasteiger partial charge in [0.15, 0.2) is 0 Å². The molecule has 3 amide bonds. The number of likely N-dealkylation sites (tertiary alicyclic amines) is 1. The number of hydrogen-bond donors (Lipinski definition) is 1. The van der Waals surface area contributed by atoms with Crippen LogP contribution in [0.5, 0.6) is 0 Å². The van der Waals surface area contributed by atoms with Crippen LogP contribution in [0.3, 0.4) is 0 Å². The Bertz CT molecular complexity index is 330. The molecule has 1 aliphatic heterocycles. The number of likely N-dealkylation sites (N-methyl/N-ethyl adjacent to an activating group) is 1. The zero-order valence-corrected chi connectivity index (χ0v) is 11.1. The number of piperidine rings is 1. The summed E-state index contributed by atoms with van der Waals surface area (Å²) in [7, 11) is 1.57. The Labute approximate surface area is 108 Å². The molecule has 5 nitrogen and oxygen atoms in total. The van der Waals surface area contributed by atoms with Crippen LogP contribution in [0.25, 0.3) is 0 Å². The average Bonchev–Trinajstić information content (AvgIpc) is 2.37. The molecule has 2 aliphatic rings. The second-order valence-electron chi connectivity index (χ2n) is 5.54.